The standard InChI is InChI=1S/C25H40N4O4/c1-9-11-12-18(19(30)22(32)27-13-10-2)28-21(31)16(3)29(15-17-14-25(17,7)8)23(33)20(26)24(4,5)6/h1,10,16-18,20H,2,11-15,26H2,3-8H3,(H,27,32)(H,28,31)/t16-,17+,18?,20+/m0/s1. The van der Waals surface area contributed by atoms with Gasteiger partial charge in [-0.15, -0.1) is 18.9 Å². The highest BCUT2D eigenvalue weighted by Crippen LogP contribution is 2.52. The first-order valence-corrected chi connectivity index (χ1v) is 11.4. The van der Waals surface area contributed by atoms with E-state index in [-0.39, 0.29) is 36.6 Å². The molecule has 0 aromatic carbocycles. The number of carbonyl (C=O) groups excluding carboxylic acids is 4. The largest absolute Gasteiger partial charge is 0.346 e. The molecule has 4 N–H and O–H groups in total. The summed E-state index contributed by atoms with van der Waals surface area (Å²) >= 11 is 0. The van der Waals surface area contributed by atoms with Gasteiger partial charge in [0.2, 0.25) is 17.6 Å². The van der Waals surface area contributed by atoms with Crippen LogP contribution >= 0.6 is 0 Å². The van der Waals surface area contributed by atoms with Crippen LogP contribution in [-0.2, 0) is 19.2 Å². The van der Waals surface area contributed by atoms with Gasteiger partial charge in [-0.25, -0.2) is 0 Å². The van der Waals surface area contributed by atoms with Gasteiger partial charge in [-0.1, -0.05) is 40.7 Å². The van der Waals surface area contributed by atoms with E-state index >= 15 is 0 Å². The van der Waals surface area contributed by atoms with Crippen LogP contribution in [0.1, 0.15) is 60.8 Å². The van der Waals surface area contributed by atoms with Crippen LogP contribution in [0, 0.1) is 29.1 Å². The van der Waals surface area contributed by atoms with Gasteiger partial charge in [-0.2, -0.15) is 0 Å². The summed E-state index contributed by atoms with van der Waals surface area (Å²) in [6.45, 7) is 15.5. The summed E-state index contributed by atoms with van der Waals surface area (Å²) in [4.78, 5) is 52.7. The van der Waals surface area contributed by atoms with Gasteiger partial charge in [0.25, 0.3) is 5.91 Å². The monoisotopic (exact) mass is 460 g/mol. The van der Waals surface area contributed by atoms with Crippen molar-refractivity contribution in [2.45, 2.75) is 78.9 Å². The summed E-state index contributed by atoms with van der Waals surface area (Å²) in [6, 6.07) is -2.76. The molecule has 0 aromatic rings. The molecule has 0 spiro atoms. The Morgan fingerprint density at radius 3 is 2.33 bits per heavy atom. The molecule has 4 atom stereocenters. The van der Waals surface area contributed by atoms with Crippen LogP contribution in [0.3, 0.4) is 0 Å². The number of hydrogen-bond acceptors (Lipinski definition) is 5. The third-order valence-electron chi connectivity index (χ3n) is 6.30. The van der Waals surface area contributed by atoms with E-state index in [4.69, 9.17) is 12.2 Å². The molecular weight excluding hydrogens is 420 g/mol. The van der Waals surface area contributed by atoms with E-state index in [0.29, 0.717) is 6.54 Å². The van der Waals surface area contributed by atoms with E-state index in [1.54, 1.807) is 6.92 Å². The molecular formula is C25H40N4O4. The summed E-state index contributed by atoms with van der Waals surface area (Å²) in [6.07, 6.45) is 8.03. The van der Waals surface area contributed by atoms with Crippen LogP contribution in [0.4, 0.5) is 0 Å². The van der Waals surface area contributed by atoms with Gasteiger partial charge in [0.1, 0.15) is 6.04 Å². The van der Waals surface area contributed by atoms with Crippen molar-refractivity contribution in [2.24, 2.45) is 22.5 Å². The Bertz CT molecular complexity index is 806. The molecule has 0 aliphatic heterocycles. The molecule has 184 valence electrons. The maximum Gasteiger partial charge on any atom is 0.289 e. The molecule has 3 amide bonds. The zero-order chi connectivity index (χ0) is 25.6. The van der Waals surface area contributed by atoms with E-state index in [1.165, 1.54) is 11.0 Å². The fraction of sp³-hybridized carbons (Fsp3) is 0.680. The number of hydrogen-bond donors (Lipinski definition) is 3. The average molecular weight is 461 g/mol. The van der Waals surface area contributed by atoms with Gasteiger partial charge >= 0.3 is 0 Å². The topological polar surface area (TPSA) is 122 Å². The Hall–Kier alpha value is -2.66. The molecule has 8 nitrogen and oxygen atoms in total. The molecule has 1 saturated carbocycles. The molecule has 1 aliphatic carbocycles. The van der Waals surface area contributed by atoms with Crippen molar-refractivity contribution < 1.29 is 19.2 Å². The molecule has 0 saturated heterocycles. The number of terminal acetylenes is 1. The highest BCUT2D eigenvalue weighted by atomic mass is 16.2. The second kappa shape index (κ2) is 11.5. The number of carbonyl (C=O) groups is 4. The smallest absolute Gasteiger partial charge is 0.289 e. The molecule has 8 heteroatoms. The number of Topliss-reactive ketones (excluding diaryl/α,β-unsaturated/α-hetero) is 1. The van der Waals surface area contributed by atoms with Crippen LogP contribution in [0.15, 0.2) is 12.7 Å². The lowest BCUT2D eigenvalue weighted by molar-refractivity contribution is -0.144. The maximum absolute atomic E-state index is 13.3. The minimum absolute atomic E-state index is 0.0924. The summed E-state index contributed by atoms with van der Waals surface area (Å²) < 4.78 is 0. The second-order valence-electron chi connectivity index (χ2n) is 10.6. The summed E-state index contributed by atoms with van der Waals surface area (Å²) in [5, 5.41) is 5.05. The van der Waals surface area contributed by atoms with Crippen molar-refractivity contribution in [1.29, 1.82) is 0 Å². The quantitative estimate of drug-likeness (QED) is 0.231. The maximum atomic E-state index is 13.3. The van der Waals surface area contributed by atoms with E-state index in [0.717, 1.165) is 6.42 Å². The van der Waals surface area contributed by atoms with Crippen molar-refractivity contribution in [3.05, 3.63) is 12.7 Å². The molecule has 0 aromatic heterocycles. The third-order valence-corrected chi connectivity index (χ3v) is 6.30. The molecule has 1 unspecified atom stereocenters. The van der Waals surface area contributed by atoms with Crippen molar-refractivity contribution in [3.63, 3.8) is 0 Å². The van der Waals surface area contributed by atoms with Crippen molar-refractivity contribution in [2.75, 3.05) is 13.1 Å². The molecule has 33 heavy (non-hydrogen) atoms. The van der Waals surface area contributed by atoms with E-state index in [9.17, 15) is 19.2 Å². The zero-order valence-corrected chi connectivity index (χ0v) is 20.9. The average Bonchev–Trinajstić information content (AvgIpc) is 3.35. The number of nitrogens with zero attached hydrogens (tertiary/aromatic N) is 1. The van der Waals surface area contributed by atoms with Crippen molar-refractivity contribution in [3.8, 4) is 12.3 Å². The van der Waals surface area contributed by atoms with Crippen molar-refractivity contribution >= 4 is 23.5 Å². The Morgan fingerprint density at radius 1 is 1.30 bits per heavy atom. The fourth-order valence-electron chi connectivity index (χ4n) is 3.45. The fourth-order valence-corrected chi connectivity index (χ4v) is 3.45. The van der Waals surface area contributed by atoms with Gasteiger partial charge in [-0.05, 0) is 36.5 Å². The first-order chi connectivity index (χ1) is 15.2. The molecule has 0 bridgehead atoms. The number of nitrogens with two attached hydrogens (primary N) is 1. The summed E-state index contributed by atoms with van der Waals surface area (Å²) in [5.74, 6) is 0.211. The van der Waals surface area contributed by atoms with Gasteiger partial charge in [-0.3, -0.25) is 19.2 Å². The minimum Gasteiger partial charge on any atom is -0.346 e. The SMILES string of the molecule is C#CCCC(NC(=O)[C@H](C)N(C[C@H]1CC1(C)C)C(=O)[C@@H](N)C(C)(C)C)C(=O)C(=O)NCC=C. The molecule has 1 rings (SSSR count). The summed E-state index contributed by atoms with van der Waals surface area (Å²) in [7, 11) is 0. The molecule has 1 fully saturated rings. The molecule has 0 heterocycles. The van der Waals surface area contributed by atoms with Gasteiger partial charge < -0.3 is 21.3 Å². The van der Waals surface area contributed by atoms with Gasteiger partial charge in [0.05, 0.1) is 12.1 Å². The van der Waals surface area contributed by atoms with Crippen LogP contribution in [0.5, 0.6) is 0 Å². The van der Waals surface area contributed by atoms with Crippen LogP contribution in [0.25, 0.3) is 0 Å². The van der Waals surface area contributed by atoms with Gasteiger partial charge in [0, 0.05) is 19.5 Å². The van der Waals surface area contributed by atoms with E-state index in [2.05, 4.69) is 37.0 Å². The lowest BCUT2D eigenvalue weighted by Gasteiger charge is -2.36. The lowest BCUT2D eigenvalue weighted by Crippen LogP contribution is -2.58. The van der Waals surface area contributed by atoms with Gasteiger partial charge in [0.15, 0.2) is 0 Å². The highest BCUT2D eigenvalue weighted by molar-refractivity contribution is 6.38. The van der Waals surface area contributed by atoms with Crippen LogP contribution in [-0.4, -0.2) is 59.6 Å². The molecule has 0 radical (unpaired) electrons. The second-order valence-corrected chi connectivity index (χ2v) is 10.6. The first-order valence-electron chi connectivity index (χ1n) is 11.4. The molecule has 1 aliphatic rings. The van der Waals surface area contributed by atoms with Crippen LogP contribution < -0.4 is 16.4 Å². The predicted octanol–water partition coefficient (Wildman–Crippen LogP) is 1.39. The Balaban J connectivity index is 3.06. The van der Waals surface area contributed by atoms with E-state index < -0.39 is 41.1 Å². The zero-order valence-electron chi connectivity index (χ0n) is 20.9. The minimum atomic E-state index is -1.09. The normalized spacial score (nSPS) is 19.3. The Labute approximate surface area is 198 Å². The lowest BCUT2D eigenvalue weighted by atomic mass is 9.86. The number of amides is 3. The van der Waals surface area contributed by atoms with Crippen LogP contribution in [0.2, 0.25) is 0 Å². The predicted molar refractivity (Wildman–Crippen MR) is 129 cm³/mol. The summed E-state index contributed by atoms with van der Waals surface area (Å²) in [5.41, 5.74) is 5.84. The third kappa shape index (κ3) is 8.01. The number of rotatable bonds is 12. The van der Waals surface area contributed by atoms with Crippen molar-refractivity contribution in [1.82, 2.24) is 15.5 Å². The van der Waals surface area contributed by atoms with E-state index in [1.807, 2.05) is 20.8 Å². The number of ketones is 1. The Morgan fingerprint density at radius 2 is 1.88 bits per heavy atom. The number of nitrogens with one attached hydrogen (secondary N) is 2. The Kier molecular flexibility index (Phi) is 9.86. The highest BCUT2D eigenvalue weighted by Gasteiger charge is 2.48. The first kappa shape index (κ1) is 28.4.